The summed E-state index contributed by atoms with van der Waals surface area (Å²) in [4.78, 5) is 24.1. The van der Waals surface area contributed by atoms with E-state index in [2.05, 4.69) is 6.92 Å². The third-order valence-corrected chi connectivity index (χ3v) is 5.97. The molecule has 0 aromatic carbocycles. The number of aliphatic hydroxyl groups excluding tert-OH is 1. The summed E-state index contributed by atoms with van der Waals surface area (Å²) < 4.78 is 5.43. The highest BCUT2D eigenvalue weighted by Crippen LogP contribution is 2.55. The van der Waals surface area contributed by atoms with E-state index in [1.54, 1.807) is 0 Å². The summed E-state index contributed by atoms with van der Waals surface area (Å²) in [5.41, 5.74) is -0.693. The van der Waals surface area contributed by atoms with Crippen LogP contribution in [0.5, 0.6) is 0 Å². The lowest BCUT2D eigenvalue weighted by Gasteiger charge is -2.37. The standard InChI is InChI=1S/C15H22O4/c1-7-6-10-12(8(2)14(18)19-10)13(17)15(3)9(7)4-5-11(15)16/h7-10,12-13,17H,4-6H2,1-3H3/t7-,8-,9-,10+,12+,13+,15-/m1/s1. The topological polar surface area (TPSA) is 63.6 Å². The molecule has 0 bridgehead atoms. The van der Waals surface area contributed by atoms with Gasteiger partial charge in [-0.3, -0.25) is 9.59 Å². The molecule has 106 valence electrons. The van der Waals surface area contributed by atoms with Crippen molar-refractivity contribution in [3.63, 3.8) is 0 Å². The van der Waals surface area contributed by atoms with Gasteiger partial charge in [0.25, 0.3) is 0 Å². The lowest BCUT2D eigenvalue weighted by atomic mass is 9.67. The van der Waals surface area contributed by atoms with Crippen molar-refractivity contribution in [3.05, 3.63) is 0 Å². The Balaban J connectivity index is 2.04. The lowest BCUT2D eigenvalue weighted by Crippen LogP contribution is -2.47. The van der Waals surface area contributed by atoms with Gasteiger partial charge in [0.1, 0.15) is 11.9 Å². The summed E-state index contributed by atoms with van der Waals surface area (Å²) in [5, 5.41) is 10.8. The van der Waals surface area contributed by atoms with Crippen LogP contribution in [0.1, 0.15) is 40.0 Å². The predicted octanol–water partition coefficient (Wildman–Crippen LogP) is 1.55. The van der Waals surface area contributed by atoms with E-state index in [1.807, 2.05) is 13.8 Å². The fraction of sp³-hybridized carbons (Fsp3) is 0.867. The number of carbonyl (C=O) groups excluding carboxylic acids is 2. The van der Waals surface area contributed by atoms with Crippen molar-refractivity contribution in [1.29, 1.82) is 0 Å². The second-order valence-corrected chi connectivity index (χ2v) is 6.85. The first-order chi connectivity index (χ1) is 8.87. The van der Waals surface area contributed by atoms with Crippen molar-refractivity contribution >= 4 is 11.8 Å². The van der Waals surface area contributed by atoms with Crippen molar-refractivity contribution < 1.29 is 19.4 Å². The fourth-order valence-corrected chi connectivity index (χ4v) is 4.75. The number of Topliss-reactive ketones (excluding diaryl/α,β-unsaturated/α-hetero) is 1. The molecule has 1 N–H and O–H groups in total. The number of ether oxygens (including phenoxy) is 1. The highest BCUT2D eigenvalue weighted by Gasteiger charge is 2.61. The van der Waals surface area contributed by atoms with E-state index in [-0.39, 0.29) is 35.6 Å². The van der Waals surface area contributed by atoms with E-state index in [9.17, 15) is 14.7 Å². The second kappa shape index (κ2) is 4.05. The molecule has 3 rings (SSSR count). The lowest BCUT2D eigenvalue weighted by molar-refractivity contribution is -0.145. The van der Waals surface area contributed by atoms with Crippen LogP contribution in [0.2, 0.25) is 0 Å². The average Bonchev–Trinajstić information content (AvgIpc) is 2.77. The molecule has 1 heterocycles. The highest BCUT2D eigenvalue weighted by atomic mass is 16.6. The molecule has 1 aliphatic heterocycles. The molecule has 4 heteroatoms. The van der Waals surface area contributed by atoms with Gasteiger partial charge in [-0.2, -0.15) is 0 Å². The summed E-state index contributed by atoms with van der Waals surface area (Å²) in [5.74, 6) is -0.0910. The first kappa shape index (κ1) is 13.1. The molecule has 0 amide bonds. The van der Waals surface area contributed by atoms with Crippen LogP contribution in [0.3, 0.4) is 0 Å². The van der Waals surface area contributed by atoms with E-state index in [0.29, 0.717) is 12.3 Å². The third kappa shape index (κ3) is 1.55. The van der Waals surface area contributed by atoms with Crippen LogP contribution in [0.4, 0.5) is 0 Å². The van der Waals surface area contributed by atoms with Crippen LogP contribution < -0.4 is 0 Å². The zero-order chi connectivity index (χ0) is 13.9. The Bertz CT molecular complexity index is 432. The van der Waals surface area contributed by atoms with Gasteiger partial charge in [0, 0.05) is 12.3 Å². The summed E-state index contributed by atoms with van der Waals surface area (Å²) in [6, 6.07) is 0. The molecule has 0 radical (unpaired) electrons. The molecule has 0 unspecified atom stereocenters. The number of esters is 1. The monoisotopic (exact) mass is 266 g/mol. The molecule has 1 saturated heterocycles. The molecule has 19 heavy (non-hydrogen) atoms. The molecule has 2 aliphatic carbocycles. The Morgan fingerprint density at radius 2 is 2.00 bits per heavy atom. The van der Waals surface area contributed by atoms with E-state index in [1.165, 1.54) is 0 Å². The van der Waals surface area contributed by atoms with Crippen LogP contribution in [0.15, 0.2) is 0 Å². The third-order valence-electron chi connectivity index (χ3n) is 5.97. The normalized spacial score (nSPS) is 53.5. The van der Waals surface area contributed by atoms with Gasteiger partial charge in [-0.05, 0) is 31.6 Å². The molecule has 7 atom stereocenters. The summed E-state index contributed by atoms with van der Waals surface area (Å²) in [7, 11) is 0. The SMILES string of the molecule is C[C@@H]1C[C@@H]2OC(=O)[C@H](C)[C@@H]2[C@H](O)[C@@]2(C)C(=O)CC[C@H]12. The predicted molar refractivity (Wildman–Crippen MR) is 68.2 cm³/mol. The van der Waals surface area contributed by atoms with Gasteiger partial charge in [-0.15, -0.1) is 0 Å². The smallest absolute Gasteiger partial charge is 0.309 e. The number of aliphatic hydroxyl groups is 1. The minimum Gasteiger partial charge on any atom is -0.462 e. The van der Waals surface area contributed by atoms with Gasteiger partial charge in [-0.1, -0.05) is 13.8 Å². The van der Waals surface area contributed by atoms with Gasteiger partial charge in [-0.25, -0.2) is 0 Å². The van der Waals surface area contributed by atoms with Gasteiger partial charge in [0.15, 0.2) is 0 Å². The van der Waals surface area contributed by atoms with E-state index < -0.39 is 11.5 Å². The molecule has 3 aliphatic rings. The van der Waals surface area contributed by atoms with Gasteiger partial charge in [0.05, 0.1) is 17.4 Å². The Hall–Kier alpha value is -0.900. The molecular formula is C15H22O4. The first-order valence-corrected chi connectivity index (χ1v) is 7.29. The molecule has 0 aromatic heterocycles. The second-order valence-electron chi connectivity index (χ2n) is 6.85. The zero-order valence-corrected chi connectivity index (χ0v) is 11.8. The highest BCUT2D eigenvalue weighted by molar-refractivity contribution is 5.88. The minimum atomic E-state index is -0.760. The van der Waals surface area contributed by atoms with Crippen molar-refractivity contribution in [2.24, 2.45) is 29.1 Å². The zero-order valence-electron chi connectivity index (χ0n) is 11.8. The summed E-state index contributed by atoms with van der Waals surface area (Å²) in [6.07, 6.45) is 1.20. The van der Waals surface area contributed by atoms with E-state index in [0.717, 1.165) is 12.8 Å². The van der Waals surface area contributed by atoms with Gasteiger partial charge < -0.3 is 9.84 Å². The average molecular weight is 266 g/mol. The Labute approximate surface area is 113 Å². The Morgan fingerprint density at radius 1 is 1.32 bits per heavy atom. The van der Waals surface area contributed by atoms with Crippen molar-refractivity contribution in [1.82, 2.24) is 0 Å². The Morgan fingerprint density at radius 3 is 2.68 bits per heavy atom. The maximum absolute atomic E-state index is 12.3. The number of carbonyl (C=O) groups is 2. The maximum atomic E-state index is 12.3. The number of hydrogen-bond donors (Lipinski definition) is 1. The number of fused-ring (bicyclic) bond motifs is 2. The molecular weight excluding hydrogens is 244 g/mol. The van der Waals surface area contributed by atoms with Crippen molar-refractivity contribution in [3.8, 4) is 0 Å². The van der Waals surface area contributed by atoms with Gasteiger partial charge in [0.2, 0.25) is 0 Å². The number of rotatable bonds is 0. The molecule has 0 spiro atoms. The van der Waals surface area contributed by atoms with Crippen LogP contribution >= 0.6 is 0 Å². The number of ketones is 1. The van der Waals surface area contributed by atoms with Gasteiger partial charge >= 0.3 is 5.97 Å². The molecule has 3 fully saturated rings. The fourth-order valence-electron chi connectivity index (χ4n) is 4.75. The largest absolute Gasteiger partial charge is 0.462 e. The van der Waals surface area contributed by atoms with Crippen LogP contribution in [-0.2, 0) is 14.3 Å². The van der Waals surface area contributed by atoms with E-state index in [4.69, 9.17) is 4.74 Å². The number of hydrogen-bond acceptors (Lipinski definition) is 4. The van der Waals surface area contributed by atoms with Crippen LogP contribution in [-0.4, -0.2) is 29.1 Å². The van der Waals surface area contributed by atoms with Crippen molar-refractivity contribution in [2.45, 2.75) is 52.2 Å². The minimum absolute atomic E-state index is 0.157. The maximum Gasteiger partial charge on any atom is 0.309 e. The Kier molecular flexibility index (Phi) is 2.79. The first-order valence-electron chi connectivity index (χ1n) is 7.29. The van der Waals surface area contributed by atoms with Crippen LogP contribution in [0, 0.1) is 29.1 Å². The van der Waals surface area contributed by atoms with E-state index >= 15 is 0 Å². The quantitative estimate of drug-likeness (QED) is 0.676. The molecule has 0 aromatic rings. The van der Waals surface area contributed by atoms with Crippen molar-refractivity contribution in [2.75, 3.05) is 0 Å². The summed E-state index contributed by atoms with van der Waals surface area (Å²) in [6.45, 7) is 5.82. The molecule has 4 nitrogen and oxygen atoms in total. The molecule has 2 saturated carbocycles. The summed E-state index contributed by atoms with van der Waals surface area (Å²) >= 11 is 0. The van der Waals surface area contributed by atoms with Crippen LogP contribution in [0.25, 0.3) is 0 Å².